The van der Waals surface area contributed by atoms with E-state index in [1.54, 1.807) is 14.2 Å². The quantitative estimate of drug-likeness (QED) is 0.771. The third-order valence-electron chi connectivity index (χ3n) is 3.41. The second-order valence-electron chi connectivity index (χ2n) is 5.05. The number of ether oxygens (including phenoxy) is 2. The maximum Gasteiger partial charge on any atom is 0.224 e. The maximum absolute atomic E-state index is 12.2. The number of carbonyl (C=O) groups is 1. The Labute approximate surface area is 127 Å². The summed E-state index contributed by atoms with van der Waals surface area (Å²) in [5, 5.41) is 6.19. The summed E-state index contributed by atoms with van der Waals surface area (Å²) in [5.74, 6) is 1.42. The number of methoxy groups -OCH3 is 2. The molecule has 21 heavy (non-hydrogen) atoms. The number of hydrogen-bond acceptors (Lipinski definition) is 4. The standard InChI is InChI=1S/C16H26N2O3/c1-6-17-10-11(2)16(19)18-12(3)14-9-13(20-4)7-8-15(14)21-5/h7-9,11-12,17H,6,10H2,1-5H3,(H,18,19). The minimum absolute atomic E-state index is 0.0216. The zero-order chi connectivity index (χ0) is 15.8. The molecule has 1 aromatic rings. The lowest BCUT2D eigenvalue weighted by Gasteiger charge is -2.20. The van der Waals surface area contributed by atoms with Crippen molar-refractivity contribution in [2.45, 2.75) is 26.8 Å². The third kappa shape index (κ3) is 4.93. The average molecular weight is 294 g/mol. The molecule has 5 nitrogen and oxygen atoms in total. The van der Waals surface area contributed by atoms with Gasteiger partial charge in [0.2, 0.25) is 5.91 Å². The highest BCUT2D eigenvalue weighted by Crippen LogP contribution is 2.29. The second kappa shape index (κ2) is 8.52. The van der Waals surface area contributed by atoms with E-state index in [2.05, 4.69) is 10.6 Å². The lowest BCUT2D eigenvalue weighted by molar-refractivity contribution is -0.125. The zero-order valence-corrected chi connectivity index (χ0v) is 13.5. The van der Waals surface area contributed by atoms with Crippen LogP contribution >= 0.6 is 0 Å². The molecule has 0 fully saturated rings. The predicted molar refractivity (Wildman–Crippen MR) is 83.8 cm³/mol. The minimum atomic E-state index is -0.147. The summed E-state index contributed by atoms with van der Waals surface area (Å²) >= 11 is 0. The van der Waals surface area contributed by atoms with Gasteiger partial charge in [-0.15, -0.1) is 0 Å². The van der Waals surface area contributed by atoms with Gasteiger partial charge in [0.05, 0.1) is 20.3 Å². The van der Waals surface area contributed by atoms with Crippen LogP contribution in [0.25, 0.3) is 0 Å². The van der Waals surface area contributed by atoms with Gasteiger partial charge in [0.1, 0.15) is 11.5 Å². The molecule has 0 bridgehead atoms. The van der Waals surface area contributed by atoms with E-state index in [0.29, 0.717) is 6.54 Å². The smallest absolute Gasteiger partial charge is 0.224 e. The van der Waals surface area contributed by atoms with E-state index in [1.807, 2.05) is 39.0 Å². The molecule has 0 saturated carbocycles. The first-order valence-electron chi connectivity index (χ1n) is 7.26. The van der Waals surface area contributed by atoms with Crippen molar-refractivity contribution < 1.29 is 14.3 Å². The predicted octanol–water partition coefficient (Wildman–Crippen LogP) is 2.13. The van der Waals surface area contributed by atoms with E-state index in [9.17, 15) is 4.79 Å². The van der Waals surface area contributed by atoms with Gasteiger partial charge in [-0.05, 0) is 31.7 Å². The summed E-state index contributed by atoms with van der Waals surface area (Å²) in [6.45, 7) is 7.40. The molecule has 0 aliphatic rings. The van der Waals surface area contributed by atoms with Crippen LogP contribution in [0, 0.1) is 5.92 Å². The zero-order valence-electron chi connectivity index (χ0n) is 13.5. The Bertz CT molecular complexity index is 463. The number of amides is 1. The summed E-state index contributed by atoms with van der Waals surface area (Å²) in [7, 11) is 3.24. The van der Waals surface area contributed by atoms with Crippen LogP contribution in [-0.2, 0) is 4.79 Å². The summed E-state index contributed by atoms with van der Waals surface area (Å²) < 4.78 is 10.6. The van der Waals surface area contributed by atoms with E-state index in [0.717, 1.165) is 23.6 Å². The molecule has 0 spiro atoms. The highest BCUT2D eigenvalue weighted by molar-refractivity contribution is 5.79. The van der Waals surface area contributed by atoms with Crippen LogP contribution < -0.4 is 20.1 Å². The molecule has 1 rings (SSSR count). The highest BCUT2D eigenvalue weighted by Gasteiger charge is 2.18. The van der Waals surface area contributed by atoms with Gasteiger partial charge in [-0.25, -0.2) is 0 Å². The molecule has 2 atom stereocenters. The molecule has 118 valence electrons. The van der Waals surface area contributed by atoms with Gasteiger partial charge < -0.3 is 20.1 Å². The number of rotatable bonds is 8. The van der Waals surface area contributed by atoms with E-state index in [4.69, 9.17) is 9.47 Å². The molecule has 2 N–H and O–H groups in total. The van der Waals surface area contributed by atoms with Crippen LogP contribution in [0.5, 0.6) is 11.5 Å². The van der Waals surface area contributed by atoms with Gasteiger partial charge in [-0.2, -0.15) is 0 Å². The molecule has 0 saturated heterocycles. The molecular formula is C16H26N2O3. The Kier molecular flexibility index (Phi) is 7.02. The van der Waals surface area contributed by atoms with Crippen LogP contribution in [0.4, 0.5) is 0 Å². The van der Waals surface area contributed by atoms with Crippen molar-refractivity contribution in [3.05, 3.63) is 23.8 Å². The van der Waals surface area contributed by atoms with Gasteiger partial charge >= 0.3 is 0 Å². The lowest BCUT2D eigenvalue weighted by atomic mass is 10.0. The summed E-state index contributed by atoms with van der Waals surface area (Å²) in [5.41, 5.74) is 0.904. The summed E-state index contributed by atoms with van der Waals surface area (Å²) in [6.07, 6.45) is 0. The largest absolute Gasteiger partial charge is 0.497 e. The topological polar surface area (TPSA) is 59.6 Å². The molecule has 0 heterocycles. The molecule has 1 amide bonds. The number of nitrogens with one attached hydrogen (secondary N) is 2. The Hall–Kier alpha value is -1.75. The summed E-state index contributed by atoms with van der Waals surface area (Å²) in [4.78, 5) is 12.2. The van der Waals surface area contributed by atoms with Gasteiger partial charge in [0.15, 0.2) is 0 Å². The van der Waals surface area contributed by atoms with Crippen LogP contribution in [0.15, 0.2) is 18.2 Å². The van der Waals surface area contributed by atoms with Gasteiger partial charge in [0, 0.05) is 18.0 Å². The van der Waals surface area contributed by atoms with Crippen molar-refractivity contribution in [2.24, 2.45) is 5.92 Å². The van der Waals surface area contributed by atoms with Crippen LogP contribution in [0.3, 0.4) is 0 Å². The number of hydrogen-bond donors (Lipinski definition) is 2. The van der Waals surface area contributed by atoms with E-state index >= 15 is 0 Å². The van der Waals surface area contributed by atoms with Crippen LogP contribution in [0.2, 0.25) is 0 Å². The van der Waals surface area contributed by atoms with Crippen molar-refractivity contribution in [3.63, 3.8) is 0 Å². The number of carbonyl (C=O) groups excluding carboxylic acids is 1. The first-order valence-corrected chi connectivity index (χ1v) is 7.26. The number of benzene rings is 1. The monoisotopic (exact) mass is 294 g/mol. The van der Waals surface area contributed by atoms with Crippen molar-refractivity contribution in [1.29, 1.82) is 0 Å². The molecule has 5 heteroatoms. The van der Waals surface area contributed by atoms with Crippen molar-refractivity contribution in [2.75, 3.05) is 27.3 Å². The van der Waals surface area contributed by atoms with Crippen molar-refractivity contribution >= 4 is 5.91 Å². The van der Waals surface area contributed by atoms with Crippen molar-refractivity contribution in [1.82, 2.24) is 10.6 Å². The molecule has 1 aromatic carbocycles. The first-order chi connectivity index (χ1) is 10.0. The van der Waals surface area contributed by atoms with Gasteiger partial charge in [0.25, 0.3) is 0 Å². The average Bonchev–Trinajstić information content (AvgIpc) is 2.51. The van der Waals surface area contributed by atoms with E-state index < -0.39 is 0 Å². The minimum Gasteiger partial charge on any atom is -0.497 e. The van der Waals surface area contributed by atoms with Crippen LogP contribution in [0.1, 0.15) is 32.4 Å². The Morgan fingerprint density at radius 2 is 1.95 bits per heavy atom. The molecule has 0 radical (unpaired) electrons. The maximum atomic E-state index is 12.2. The van der Waals surface area contributed by atoms with Crippen LogP contribution in [-0.4, -0.2) is 33.2 Å². The Morgan fingerprint density at radius 1 is 1.24 bits per heavy atom. The summed E-state index contributed by atoms with van der Waals surface area (Å²) in [6, 6.07) is 5.43. The lowest BCUT2D eigenvalue weighted by Crippen LogP contribution is -2.36. The highest BCUT2D eigenvalue weighted by atomic mass is 16.5. The molecule has 0 aliphatic carbocycles. The molecule has 0 aromatic heterocycles. The van der Waals surface area contributed by atoms with E-state index in [1.165, 1.54) is 0 Å². The fraction of sp³-hybridized carbons (Fsp3) is 0.562. The second-order valence-corrected chi connectivity index (χ2v) is 5.05. The third-order valence-corrected chi connectivity index (χ3v) is 3.41. The Morgan fingerprint density at radius 3 is 2.52 bits per heavy atom. The van der Waals surface area contributed by atoms with E-state index in [-0.39, 0.29) is 17.9 Å². The first kappa shape index (κ1) is 17.3. The fourth-order valence-corrected chi connectivity index (χ4v) is 2.06. The normalized spacial score (nSPS) is 13.4. The fourth-order valence-electron chi connectivity index (χ4n) is 2.06. The van der Waals surface area contributed by atoms with Gasteiger partial charge in [-0.1, -0.05) is 13.8 Å². The van der Waals surface area contributed by atoms with Gasteiger partial charge in [-0.3, -0.25) is 4.79 Å². The molecule has 2 unspecified atom stereocenters. The van der Waals surface area contributed by atoms with Crippen molar-refractivity contribution in [3.8, 4) is 11.5 Å². The SMILES string of the molecule is CCNCC(C)C(=O)NC(C)c1cc(OC)ccc1OC. The Balaban J connectivity index is 2.78. The molecule has 0 aliphatic heterocycles. The molecular weight excluding hydrogens is 268 g/mol.